The average Bonchev–Trinajstić information content (AvgIpc) is 2.67. The summed E-state index contributed by atoms with van der Waals surface area (Å²) < 4.78 is 30.1. The van der Waals surface area contributed by atoms with E-state index in [-0.39, 0.29) is 17.8 Å². The van der Waals surface area contributed by atoms with Gasteiger partial charge in [0.2, 0.25) is 0 Å². The topological polar surface area (TPSA) is 64.4 Å². The number of rotatable bonds is 6. The molecule has 1 unspecified atom stereocenters. The summed E-state index contributed by atoms with van der Waals surface area (Å²) in [5.41, 5.74) is 1.73. The Morgan fingerprint density at radius 2 is 2.08 bits per heavy atom. The molecule has 1 saturated heterocycles. The van der Waals surface area contributed by atoms with Crippen molar-refractivity contribution in [2.24, 2.45) is 0 Å². The average molecular weight is 342 g/mol. The van der Waals surface area contributed by atoms with Gasteiger partial charge in [-0.2, -0.15) is 5.26 Å². The molecule has 0 amide bonds. The molecule has 130 valence electrons. The van der Waals surface area contributed by atoms with Gasteiger partial charge in [0.05, 0.1) is 12.8 Å². The number of aromatic nitrogens is 1. The number of pyridine rings is 1. The molecule has 6 heteroatoms. The molecule has 0 radical (unpaired) electrons. The van der Waals surface area contributed by atoms with Crippen LogP contribution in [-0.2, 0) is 9.47 Å². The van der Waals surface area contributed by atoms with Crippen molar-refractivity contribution in [1.82, 2.24) is 4.98 Å². The SMILES string of the molecule is N#Cc1cc(-c2ccc(F)cc2)c(OCCOC2CCCCO2)cn1. The Bertz CT molecular complexity index is 737. The maximum absolute atomic E-state index is 13.1. The quantitative estimate of drug-likeness (QED) is 0.749. The van der Waals surface area contributed by atoms with E-state index in [4.69, 9.17) is 19.5 Å². The maximum Gasteiger partial charge on any atom is 0.157 e. The Morgan fingerprint density at radius 1 is 1.24 bits per heavy atom. The van der Waals surface area contributed by atoms with Crippen LogP contribution in [0.15, 0.2) is 36.5 Å². The van der Waals surface area contributed by atoms with E-state index < -0.39 is 0 Å². The zero-order valence-corrected chi connectivity index (χ0v) is 13.8. The monoisotopic (exact) mass is 342 g/mol. The molecule has 2 aromatic rings. The van der Waals surface area contributed by atoms with E-state index in [9.17, 15) is 4.39 Å². The molecule has 3 rings (SSSR count). The van der Waals surface area contributed by atoms with Gasteiger partial charge in [-0.05, 0) is 43.0 Å². The van der Waals surface area contributed by atoms with Gasteiger partial charge in [-0.15, -0.1) is 0 Å². The van der Waals surface area contributed by atoms with E-state index in [1.165, 1.54) is 18.3 Å². The van der Waals surface area contributed by atoms with E-state index in [2.05, 4.69) is 4.98 Å². The van der Waals surface area contributed by atoms with Gasteiger partial charge in [-0.1, -0.05) is 12.1 Å². The third-order valence-corrected chi connectivity index (χ3v) is 3.92. The second kappa shape index (κ2) is 8.56. The van der Waals surface area contributed by atoms with Crippen LogP contribution >= 0.6 is 0 Å². The molecule has 25 heavy (non-hydrogen) atoms. The number of hydrogen-bond acceptors (Lipinski definition) is 5. The van der Waals surface area contributed by atoms with Crippen molar-refractivity contribution >= 4 is 0 Å². The van der Waals surface area contributed by atoms with E-state index in [0.717, 1.165) is 31.4 Å². The van der Waals surface area contributed by atoms with Crippen LogP contribution in [0.5, 0.6) is 5.75 Å². The Balaban J connectivity index is 1.65. The minimum absolute atomic E-state index is 0.159. The van der Waals surface area contributed by atoms with Gasteiger partial charge in [-0.3, -0.25) is 0 Å². The standard InChI is InChI=1S/C19H19FN2O3/c20-15-6-4-14(5-7-15)17-11-16(12-21)22-13-18(17)23-9-10-25-19-3-1-2-8-24-19/h4-7,11,13,19H,1-3,8-10H2. The molecule has 0 aliphatic carbocycles. The number of hydrogen-bond donors (Lipinski definition) is 0. The van der Waals surface area contributed by atoms with Crippen molar-refractivity contribution in [2.75, 3.05) is 19.8 Å². The lowest BCUT2D eigenvalue weighted by Crippen LogP contribution is -2.24. The highest BCUT2D eigenvalue weighted by atomic mass is 19.1. The van der Waals surface area contributed by atoms with Gasteiger partial charge >= 0.3 is 0 Å². The second-order valence-corrected chi connectivity index (χ2v) is 5.70. The summed E-state index contributed by atoms with van der Waals surface area (Å²) in [6, 6.07) is 9.66. The first-order valence-corrected chi connectivity index (χ1v) is 8.28. The lowest BCUT2D eigenvalue weighted by molar-refractivity contribution is -0.165. The predicted octanol–water partition coefficient (Wildman–Crippen LogP) is 3.68. The molecule has 5 nitrogen and oxygen atoms in total. The lowest BCUT2D eigenvalue weighted by atomic mass is 10.1. The van der Waals surface area contributed by atoms with E-state index in [1.807, 2.05) is 6.07 Å². The Kier molecular flexibility index (Phi) is 5.94. The van der Waals surface area contributed by atoms with Crippen LogP contribution in [-0.4, -0.2) is 31.1 Å². The fourth-order valence-corrected chi connectivity index (χ4v) is 2.65. The molecule has 0 N–H and O–H groups in total. The molecule has 0 saturated carbocycles. The molecule has 1 atom stereocenters. The first-order chi connectivity index (χ1) is 12.3. The van der Waals surface area contributed by atoms with Gasteiger partial charge < -0.3 is 14.2 Å². The van der Waals surface area contributed by atoms with Crippen LogP contribution in [0.4, 0.5) is 4.39 Å². The van der Waals surface area contributed by atoms with Gasteiger partial charge in [-0.25, -0.2) is 9.37 Å². The minimum Gasteiger partial charge on any atom is -0.489 e. The Morgan fingerprint density at radius 3 is 2.80 bits per heavy atom. The minimum atomic E-state index is -0.318. The van der Waals surface area contributed by atoms with Crippen LogP contribution in [0.2, 0.25) is 0 Å². The number of nitriles is 1. The largest absolute Gasteiger partial charge is 0.489 e. The molecule has 1 aromatic heterocycles. The summed E-state index contributed by atoms with van der Waals surface area (Å²) >= 11 is 0. The molecule has 1 aromatic carbocycles. The normalized spacial score (nSPS) is 17.0. The summed E-state index contributed by atoms with van der Waals surface area (Å²) in [5, 5.41) is 9.06. The van der Waals surface area contributed by atoms with Crippen molar-refractivity contribution in [2.45, 2.75) is 25.6 Å². The van der Waals surface area contributed by atoms with Crippen LogP contribution in [0.1, 0.15) is 25.0 Å². The summed E-state index contributed by atoms with van der Waals surface area (Å²) in [7, 11) is 0. The molecule has 2 heterocycles. The summed E-state index contributed by atoms with van der Waals surface area (Å²) in [4.78, 5) is 4.04. The highest BCUT2D eigenvalue weighted by Crippen LogP contribution is 2.30. The Labute approximate surface area is 146 Å². The maximum atomic E-state index is 13.1. The third kappa shape index (κ3) is 4.75. The number of ether oxygens (including phenoxy) is 3. The van der Waals surface area contributed by atoms with Crippen molar-refractivity contribution in [3.05, 3.63) is 48.0 Å². The summed E-state index contributed by atoms with van der Waals surface area (Å²) in [6.07, 6.45) is 4.44. The third-order valence-electron chi connectivity index (χ3n) is 3.92. The Hall–Kier alpha value is -2.49. The number of benzene rings is 1. The summed E-state index contributed by atoms with van der Waals surface area (Å²) in [6.45, 7) is 1.47. The molecule has 1 aliphatic heterocycles. The molecule has 0 spiro atoms. The molecule has 1 fully saturated rings. The molecule has 0 bridgehead atoms. The highest BCUT2D eigenvalue weighted by Gasteiger charge is 2.14. The van der Waals surface area contributed by atoms with E-state index >= 15 is 0 Å². The van der Waals surface area contributed by atoms with Gasteiger partial charge in [0.25, 0.3) is 0 Å². The van der Waals surface area contributed by atoms with Gasteiger partial charge in [0.1, 0.15) is 29.9 Å². The van der Waals surface area contributed by atoms with Crippen molar-refractivity contribution in [1.29, 1.82) is 5.26 Å². The van der Waals surface area contributed by atoms with Crippen LogP contribution < -0.4 is 4.74 Å². The van der Waals surface area contributed by atoms with Gasteiger partial charge in [0.15, 0.2) is 6.29 Å². The van der Waals surface area contributed by atoms with Gasteiger partial charge in [0, 0.05) is 12.2 Å². The fraction of sp³-hybridized carbons (Fsp3) is 0.368. The molecule has 1 aliphatic rings. The number of nitrogens with zero attached hydrogens (tertiary/aromatic N) is 2. The van der Waals surface area contributed by atoms with Crippen LogP contribution in [0, 0.1) is 17.1 Å². The zero-order chi connectivity index (χ0) is 17.5. The van der Waals surface area contributed by atoms with Crippen LogP contribution in [0.3, 0.4) is 0 Å². The first kappa shape index (κ1) is 17.3. The van der Waals surface area contributed by atoms with Crippen molar-refractivity contribution < 1.29 is 18.6 Å². The van der Waals surface area contributed by atoms with E-state index in [1.54, 1.807) is 18.2 Å². The zero-order valence-electron chi connectivity index (χ0n) is 13.8. The highest BCUT2D eigenvalue weighted by molar-refractivity contribution is 5.70. The van der Waals surface area contributed by atoms with Crippen molar-refractivity contribution in [3.8, 4) is 22.9 Å². The number of halogens is 1. The summed E-state index contributed by atoms with van der Waals surface area (Å²) in [5.74, 6) is 0.209. The first-order valence-electron chi connectivity index (χ1n) is 8.28. The van der Waals surface area contributed by atoms with Crippen LogP contribution in [0.25, 0.3) is 11.1 Å². The lowest BCUT2D eigenvalue weighted by Gasteiger charge is -2.22. The molecular formula is C19H19FN2O3. The fourth-order valence-electron chi connectivity index (χ4n) is 2.65. The smallest absolute Gasteiger partial charge is 0.157 e. The molecular weight excluding hydrogens is 323 g/mol. The van der Waals surface area contributed by atoms with E-state index in [0.29, 0.717) is 24.5 Å². The van der Waals surface area contributed by atoms with Crippen molar-refractivity contribution in [3.63, 3.8) is 0 Å². The predicted molar refractivity (Wildman–Crippen MR) is 89.4 cm³/mol. The second-order valence-electron chi connectivity index (χ2n) is 5.70.